The summed E-state index contributed by atoms with van der Waals surface area (Å²) in [7, 11) is 0. The number of halogens is 4. The predicted molar refractivity (Wildman–Crippen MR) is 213 cm³/mol. The summed E-state index contributed by atoms with van der Waals surface area (Å²) in [6.07, 6.45) is 11.9. The number of aromatic nitrogens is 2. The minimum absolute atomic E-state index is 0.113. The van der Waals surface area contributed by atoms with E-state index < -0.39 is 0 Å². The van der Waals surface area contributed by atoms with E-state index >= 15 is 0 Å². The first-order valence-electron chi connectivity index (χ1n) is 18.8. The SMILES string of the molecule is O=C(Cc1ccc(Cl)cc1)C1CCC(c2ccnc3ccc(F)cc23)CC1.O=C(Cc1ccc(Cl)cc1)C1CCC(c2ccnc3ccc(F)cc23)CC1. The Morgan fingerprint density at radius 3 is 1.26 bits per heavy atom. The van der Waals surface area contributed by atoms with Crippen LogP contribution in [-0.4, -0.2) is 21.5 Å². The topological polar surface area (TPSA) is 59.9 Å². The van der Waals surface area contributed by atoms with Crippen LogP contribution < -0.4 is 0 Å². The Labute approximate surface area is 324 Å². The summed E-state index contributed by atoms with van der Waals surface area (Å²) in [5, 5.41) is 3.17. The Balaban J connectivity index is 0.000000167. The van der Waals surface area contributed by atoms with Crippen LogP contribution in [0.15, 0.2) is 109 Å². The van der Waals surface area contributed by atoms with Gasteiger partial charge in [0, 0.05) is 57.9 Å². The van der Waals surface area contributed by atoms with Crippen LogP contribution in [0, 0.1) is 23.5 Å². The van der Waals surface area contributed by atoms with Gasteiger partial charge in [-0.2, -0.15) is 0 Å². The van der Waals surface area contributed by atoms with E-state index in [4.69, 9.17) is 23.2 Å². The lowest BCUT2D eigenvalue weighted by molar-refractivity contribution is -0.124. The molecule has 0 radical (unpaired) electrons. The predicted octanol–water partition coefficient (Wildman–Crippen LogP) is 12.2. The summed E-state index contributed by atoms with van der Waals surface area (Å²) in [5.41, 5.74) is 6.00. The number of nitrogens with zero attached hydrogens (tertiary/aromatic N) is 2. The number of ketones is 2. The minimum atomic E-state index is -0.233. The lowest BCUT2D eigenvalue weighted by atomic mass is 9.76. The molecular formula is C46H42Cl2F2N2O2. The average molecular weight is 764 g/mol. The Morgan fingerprint density at radius 2 is 0.889 bits per heavy atom. The first-order valence-corrected chi connectivity index (χ1v) is 19.6. The molecule has 2 heterocycles. The molecule has 2 saturated carbocycles. The number of benzene rings is 4. The van der Waals surface area contributed by atoms with Gasteiger partial charge in [-0.3, -0.25) is 19.6 Å². The lowest BCUT2D eigenvalue weighted by Crippen LogP contribution is -2.22. The van der Waals surface area contributed by atoms with Crippen LogP contribution in [0.1, 0.15) is 85.5 Å². The van der Waals surface area contributed by atoms with Crippen molar-refractivity contribution < 1.29 is 18.4 Å². The van der Waals surface area contributed by atoms with Crippen molar-refractivity contribution >= 4 is 56.6 Å². The zero-order valence-electron chi connectivity index (χ0n) is 30.0. The van der Waals surface area contributed by atoms with E-state index in [2.05, 4.69) is 9.97 Å². The largest absolute Gasteiger partial charge is 0.299 e. The summed E-state index contributed by atoms with van der Waals surface area (Å²) < 4.78 is 27.4. The van der Waals surface area contributed by atoms with Crippen molar-refractivity contribution in [1.29, 1.82) is 0 Å². The van der Waals surface area contributed by atoms with Crippen molar-refractivity contribution in [1.82, 2.24) is 9.97 Å². The second-order valence-corrected chi connectivity index (χ2v) is 15.6. The number of hydrogen-bond donors (Lipinski definition) is 0. The molecule has 4 nitrogen and oxygen atoms in total. The molecule has 0 unspecified atom stereocenters. The molecule has 6 aromatic rings. The highest BCUT2D eigenvalue weighted by Gasteiger charge is 2.29. The van der Waals surface area contributed by atoms with Crippen molar-refractivity contribution in [3.63, 3.8) is 0 Å². The highest BCUT2D eigenvalue weighted by molar-refractivity contribution is 6.30. The van der Waals surface area contributed by atoms with E-state index in [9.17, 15) is 18.4 Å². The molecule has 2 fully saturated rings. The summed E-state index contributed by atoms with van der Waals surface area (Å²) in [5.74, 6) is 1.09. The molecule has 0 atom stereocenters. The molecule has 2 aliphatic rings. The quantitative estimate of drug-likeness (QED) is 0.155. The third-order valence-electron chi connectivity index (χ3n) is 11.3. The Hall–Kier alpha value is -4.52. The number of rotatable bonds is 8. The van der Waals surface area contributed by atoms with Crippen LogP contribution in [0.25, 0.3) is 21.8 Å². The van der Waals surface area contributed by atoms with E-state index in [-0.39, 0.29) is 23.5 Å². The van der Waals surface area contributed by atoms with Crippen LogP contribution in [0.2, 0.25) is 10.0 Å². The van der Waals surface area contributed by atoms with Crippen molar-refractivity contribution in [3.05, 3.63) is 153 Å². The summed E-state index contributed by atoms with van der Waals surface area (Å²) in [4.78, 5) is 34.0. The highest BCUT2D eigenvalue weighted by atomic mass is 35.5. The molecule has 0 spiro atoms. The molecule has 0 bridgehead atoms. The normalized spacial score (nSPS) is 19.9. The summed E-state index contributed by atoms with van der Waals surface area (Å²) in [6.45, 7) is 0. The Morgan fingerprint density at radius 1 is 0.519 bits per heavy atom. The average Bonchev–Trinajstić information content (AvgIpc) is 3.19. The molecular weight excluding hydrogens is 721 g/mol. The zero-order valence-corrected chi connectivity index (χ0v) is 31.5. The zero-order chi connectivity index (χ0) is 37.6. The molecule has 8 heteroatoms. The lowest BCUT2D eigenvalue weighted by Gasteiger charge is -2.28. The monoisotopic (exact) mass is 762 g/mol. The molecule has 2 aliphatic carbocycles. The maximum absolute atomic E-state index is 13.7. The van der Waals surface area contributed by atoms with Gasteiger partial charge in [-0.1, -0.05) is 47.5 Å². The molecule has 0 amide bonds. The summed E-state index contributed by atoms with van der Waals surface area (Å²) in [6, 6.07) is 28.5. The third kappa shape index (κ3) is 9.22. The first kappa shape index (κ1) is 37.8. The Kier molecular flexibility index (Phi) is 12.1. The van der Waals surface area contributed by atoms with Crippen molar-refractivity contribution in [3.8, 4) is 0 Å². The molecule has 8 rings (SSSR count). The molecule has 0 N–H and O–H groups in total. The molecule has 54 heavy (non-hydrogen) atoms. The highest BCUT2D eigenvalue weighted by Crippen LogP contribution is 2.40. The number of fused-ring (bicyclic) bond motifs is 2. The van der Waals surface area contributed by atoms with Crippen LogP contribution in [-0.2, 0) is 22.4 Å². The number of carbonyl (C=O) groups is 2. The van der Waals surface area contributed by atoms with Crippen LogP contribution in [0.5, 0.6) is 0 Å². The van der Waals surface area contributed by atoms with E-state index in [1.165, 1.54) is 12.1 Å². The number of pyridine rings is 2. The number of Topliss-reactive ketones (excluding diaryl/α,β-unsaturated/α-hetero) is 2. The maximum atomic E-state index is 13.7. The van der Waals surface area contributed by atoms with Gasteiger partial charge in [-0.15, -0.1) is 0 Å². The first-order chi connectivity index (χ1) is 26.2. The van der Waals surface area contributed by atoms with Gasteiger partial charge in [0.1, 0.15) is 23.2 Å². The fraction of sp³-hybridized carbons (Fsp3) is 0.304. The molecule has 276 valence electrons. The third-order valence-corrected chi connectivity index (χ3v) is 11.8. The van der Waals surface area contributed by atoms with Crippen LogP contribution >= 0.6 is 23.2 Å². The fourth-order valence-electron chi connectivity index (χ4n) is 8.34. The molecule has 0 aliphatic heterocycles. The second kappa shape index (κ2) is 17.3. The standard InChI is InChI=1S/2C23H21ClFNO/c2*24-18-7-1-15(2-8-18)13-23(27)17-5-3-16(4-6-17)20-11-12-26-22-10-9-19(25)14-21(20)22/h2*1-2,7-12,14,16-17H,3-6,13H2. The van der Waals surface area contributed by atoms with Gasteiger partial charge >= 0.3 is 0 Å². The van der Waals surface area contributed by atoms with E-state index in [1.54, 1.807) is 36.7 Å². The van der Waals surface area contributed by atoms with Gasteiger partial charge in [0.15, 0.2) is 0 Å². The van der Waals surface area contributed by atoms with Crippen molar-refractivity contribution in [2.45, 2.75) is 76.0 Å². The molecule has 0 saturated heterocycles. The summed E-state index contributed by atoms with van der Waals surface area (Å²) >= 11 is 11.8. The van der Waals surface area contributed by atoms with Crippen molar-refractivity contribution in [2.24, 2.45) is 11.8 Å². The van der Waals surface area contributed by atoms with Gasteiger partial charge in [0.2, 0.25) is 0 Å². The molecule has 2 aromatic heterocycles. The fourth-order valence-corrected chi connectivity index (χ4v) is 8.59. The second-order valence-electron chi connectivity index (χ2n) is 14.8. The van der Waals surface area contributed by atoms with E-state index in [1.807, 2.05) is 60.7 Å². The van der Waals surface area contributed by atoms with Gasteiger partial charge in [-0.25, -0.2) is 8.78 Å². The van der Waals surface area contributed by atoms with Crippen LogP contribution in [0.3, 0.4) is 0 Å². The number of hydrogen-bond acceptors (Lipinski definition) is 4. The van der Waals surface area contributed by atoms with Gasteiger partial charge in [0.25, 0.3) is 0 Å². The number of carbonyl (C=O) groups excluding carboxylic acids is 2. The minimum Gasteiger partial charge on any atom is -0.299 e. The Bertz CT molecular complexity index is 2080. The van der Waals surface area contributed by atoms with Crippen molar-refractivity contribution in [2.75, 3.05) is 0 Å². The molecule has 4 aromatic carbocycles. The van der Waals surface area contributed by atoms with Gasteiger partial charge < -0.3 is 0 Å². The van der Waals surface area contributed by atoms with Crippen LogP contribution in [0.4, 0.5) is 8.78 Å². The van der Waals surface area contributed by atoms with E-state index in [0.717, 1.165) is 95.4 Å². The van der Waals surface area contributed by atoms with Gasteiger partial charge in [-0.05, 0) is 158 Å². The van der Waals surface area contributed by atoms with E-state index in [0.29, 0.717) is 46.3 Å². The van der Waals surface area contributed by atoms with Gasteiger partial charge in [0.05, 0.1) is 11.0 Å². The smallest absolute Gasteiger partial charge is 0.140 e. The maximum Gasteiger partial charge on any atom is 0.140 e.